The summed E-state index contributed by atoms with van der Waals surface area (Å²) in [4.78, 5) is 0. The second kappa shape index (κ2) is 25.0. The van der Waals surface area contributed by atoms with Crippen LogP contribution in [0.15, 0.2) is 12.3 Å². The Morgan fingerprint density at radius 2 is 1.21 bits per heavy atom. The van der Waals surface area contributed by atoms with Gasteiger partial charge in [0, 0.05) is 6.54 Å². The van der Waals surface area contributed by atoms with Crippen LogP contribution in [0.25, 0.3) is 0 Å². The van der Waals surface area contributed by atoms with Crippen LogP contribution in [0.3, 0.4) is 0 Å². The Morgan fingerprint density at radius 1 is 0.718 bits per heavy atom. The molecule has 1 fully saturated rings. The highest BCUT2D eigenvalue weighted by Gasteiger charge is 2.44. The van der Waals surface area contributed by atoms with Crippen molar-refractivity contribution in [3.8, 4) is 0 Å². The molecular formula is C31H61NO7. The van der Waals surface area contributed by atoms with Crippen LogP contribution < -0.4 is 5.32 Å². The lowest BCUT2D eigenvalue weighted by Crippen LogP contribution is -2.59. The third kappa shape index (κ3) is 18.3. The van der Waals surface area contributed by atoms with E-state index in [2.05, 4.69) is 18.3 Å². The maximum atomic E-state index is 10.1. The number of aliphatic hydroxyl groups is 5. The molecule has 0 aromatic carbocycles. The van der Waals surface area contributed by atoms with E-state index in [-0.39, 0.29) is 13.2 Å². The van der Waals surface area contributed by atoms with Gasteiger partial charge in [0.1, 0.15) is 24.4 Å². The van der Waals surface area contributed by atoms with Gasteiger partial charge in [-0.3, -0.25) is 0 Å². The summed E-state index contributed by atoms with van der Waals surface area (Å²) in [5.41, 5.74) is 0. The molecule has 0 saturated carbocycles. The van der Waals surface area contributed by atoms with Gasteiger partial charge in [-0.25, -0.2) is 0 Å². The van der Waals surface area contributed by atoms with Gasteiger partial charge in [0.05, 0.1) is 19.3 Å². The normalized spacial score (nSPS) is 24.4. The van der Waals surface area contributed by atoms with E-state index in [0.717, 1.165) is 6.42 Å². The minimum absolute atomic E-state index is 0.122. The minimum atomic E-state index is -1.49. The lowest BCUT2D eigenvalue weighted by atomic mass is 9.99. The van der Waals surface area contributed by atoms with Crippen molar-refractivity contribution in [2.75, 3.05) is 19.8 Å². The van der Waals surface area contributed by atoms with Crippen LogP contribution in [0.2, 0.25) is 0 Å². The summed E-state index contributed by atoms with van der Waals surface area (Å²) >= 11 is 0. The van der Waals surface area contributed by atoms with E-state index >= 15 is 0 Å². The van der Waals surface area contributed by atoms with Crippen molar-refractivity contribution in [2.24, 2.45) is 0 Å². The highest BCUT2D eigenvalue weighted by atomic mass is 16.7. The van der Waals surface area contributed by atoms with Gasteiger partial charge < -0.3 is 40.3 Å². The first kappa shape index (κ1) is 36.3. The molecule has 1 saturated heterocycles. The molecule has 0 amide bonds. The van der Waals surface area contributed by atoms with E-state index in [4.69, 9.17) is 9.47 Å². The zero-order valence-electron chi connectivity index (χ0n) is 24.7. The Labute approximate surface area is 238 Å². The topological polar surface area (TPSA) is 132 Å². The summed E-state index contributed by atoms with van der Waals surface area (Å²) in [6, 6.07) is 0. The highest BCUT2D eigenvalue weighted by Crippen LogP contribution is 2.22. The zero-order chi connectivity index (χ0) is 28.6. The molecule has 1 rings (SSSR count). The molecule has 0 aromatic rings. The second-order valence-corrected chi connectivity index (χ2v) is 11.3. The molecule has 6 N–H and O–H groups in total. The Morgan fingerprint density at radius 3 is 1.69 bits per heavy atom. The average molecular weight is 560 g/mol. The van der Waals surface area contributed by atoms with Crippen LogP contribution in [-0.2, 0) is 9.47 Å². The first-order valence-electron chi connectivity index (χ1n) is 16.0. The maximum Gasteiger partial charge on any atom is 0.186 e. The largest absolute Gasteiger partial charge is 0.394 e. The van der Waals surface area contributed by atoms with Gasteiger partial charge in [-0.1, -0.05) is 122 Å². The van der Waals surface area contributed by atoms with Crippen LogP contribution in [-0.4, -0.2) is 82.1 Å². The van der Waals surface area contributed by atoms with Crippen molar-refractivity contribution < 1.29 is 35.0 Å². The molecule has 1 heterocycles. The molecule has 0 spiro atoms. The molecule has 0 aliphatic carbocycles. The molecule has 0 radical (unpaired) electrons. The van der Waals surface area contributed by atoms with Crippen LogP contribution in [0, 0.1) is 0 Å². The van der Waals surface area contributed by atoms with Crippen molar-refractivity contribution in [2.45, 2.75) is 166 Å². The van der Waals surface area contributed by atoms with Crippen LogP contribution in [0.1, 0.15) is 129 Å². The number of rotatable bonds is 26. The predicted molar refractivity (Wildman–Crippen MR) is 156 cm³/mol. The molecule has 0 bridgehead atoms. The Kier molecular flexibility index (Phi) is 23.3. The van der Waals surface area contributed by atoms with E-state index in [9.17, 15) is 25.5 Å². The van der Waals surface area contributed by atoms with E-state index < -0.39 is 43.4 Å². The summed E-state index contributed by atoms with van der Waals surface area (Å²) in [6.07, 6.45) is 22.2. The van der Waals surface area contributed by atoms with Crippen LogP contribution in [0.5, 0.6) is 0 Å². The van der Waals surface area contributed by atoms with E-state index in [0.29, 0.717) is 0 Å². The lowest BCUT2D eigenvalue weighted by Gasteiger charge is -2.39. The molecular weight excluding hydrogens is 498 g/mol. The molecule has 1 unspecified atom stereocenters. The first-order chi connectivity index (χ1) is 19.0. The van der Waals surface area contributed by atoms with Gasteiger partial charge in [0.2, 0.25) is 0 Å². The highest BCUT2D eigenvalue weighted by molar-refractivity contribution is 4.89. The van der Waals surface area contributed by atoms with E-state index in [1.807, 2.05) is 6.20 Å². The Balaban J connectivity index is 1.85. The van der Waals surface area contributed by atoms with Gasteiger partial charge >= 0.3 is 0 Å². The number of ether oxygens (including phenoxy) is 2. The molecule has 1 aliphatic heterocycles. The quantitative estimate of drug-likeness (QED) is 0.0841. The first-order valence-corrected chi connectivity index (χ1v) is 16.0. The predicted octanol–water partition coefficient (Wildman–Crippen LogP) is 4.70. The molecule has 6 atom stereocenters. The summed E-state index contributed by atoms with van der Waals surface area (Å²) < 4.78 is 10.6. The summed E-state index contributed by atoms with van der Waals surface area (Å²) in [6.45, 7) is 1.91. The minimum Gasteiger partial charge on any atom is -0.394 e. The van der Waals surface area contributed by atoms with Crippen molar-refractivity contribution in [1.82, 2.24) is 5.32 Å². The number of hydrogen-bond donors (Lipinski definition) is 6. The molecule has 0 aromatic heterocycles. The number of allylic oxidation sites excluding steroid dienone is 1. The smallest absolute Gasteiger partial charge is 0.186 e. The zero-order valence-corrected chi connectivity index (χ0v) is 24.7. The molecule has 232 valence electrons. The summed E-state index contributed by atoms with van der Waals surface area (Å²) in [7, 11) is 0. The maximum absolute atomic E-state index is 10.1. The van der Waals surface area contributed by atoms with Crippen molar-refractivity contribution in [3.05, 3.63) is 12.3 Å². The SMILES string of the molecule is CCCCCCCCCCCCCCCCCCCCC=CNCC(O)CO[C@@H]1O[C@H](CO)[C@H](O)[C@H](O)[C@H]1O. The Bertz CT molecular complexity index is 563. The summed E-state index contributed by atoms with van der Waals surface area (Å²) in [5.74, 6) is 0. The average Bonchev–Trinajstić information content (AvgIpc) is 2.94. The second-order valence-electron chi connectivity index (χ2n) is 11.3. The fourth-order valence-corrected chi connectivity index (χ4v) is 5.00. The fraction of sp³-hybridized carbons (Fsp3) is 0.935. The Hall–Kier alpha value is -0.740. The van der Waals surface area contributed by atoms with Crippen LogP contribution in [0.4, 0.5) is 0 Å². The standard InChI is InChI=1S/C31H61NO7/c1-2-3-4-5-6-7-8-9-10-11-12-13-14-15-16-17-18-19-20-21-22-32-23-26(34)25-38-31-30(37)29(36)28(35)27(24-33)39-31/h21-22,26-37H,2-20,23-25H2,1H3/t26?,27-,28+,29+,30-,31-/m1/s1. The number of hydrogen-bond acceptors (Lipinski definition) is 8. The van der Waals surface area contributed by atoms with Crippen LogP contribution >= 0.6 is 0 Å². The van der Waals surface area contributed by atoms with E-state index in [1.165, 1.54) is 116 Å². The monoisotopic (exact) mass is 559 g/mol. The summed E-state index contributed by atoms with van der Waals surface area (Å²) in [5, 5.41) is 51.8. The third-order valence-electron chi connectivity index (χ3n) is 7.61. The molecule has 1 aliphatic rings. The van der Waals surface area contributed by atoms with Gasteiger partial charge in [0.25, 0.3) is 0 Å². The number of unbranched alkanes of at least 4 members (excludes halogenated alkanes) is 18. The lowest BCUT2D eigenvalue weighted by molar-refractivity contribution is -0.304. The number of nitrogens with one attached hydrogen (secondary N) is 1. The molecule has 8 nitrogen and oxygen atoms in total. The van der Waals surface area contributed by atoms with Gasteiger partial charge in [-0.2, -0.15) is 0 Å². The third-order valence-corrected chi connectivity index (χ3v) is 7.61. The van der Waals surface area contributed by atoms with Crippen molar-refractivity contribution in [3.63, 3.8) is 0 Å². The van der Waals surface area contributed by atoms with Crippen molar-refractivity contribution >= 4 is 0 Å². The molecule has 8 heteroatoms. The van der Waals surface area contributed by atoms with Crippen molar-refractivity contribution in [1.29, 1.82) is 0 Å². The van der Waals surface area contributed by atoms with Gasteiger partial charge in [0.15, 0.2) is 6.29 Å². The fourth-order valence-electron chi connectivity index (χ4n) is 5.00. The number of aliphatic hydroxyl groups excluding tert-OH is 5. The molecule has 39 heavy (non-hydrogen) atoms. The van der Waals surface area contributed by atoms with E-state index in [1.54, 1.807) is 0 Å². The van der Waals surface area contributed by atoms with Gasteiger partial charge in [-0.05, 0) is 19.0 Å². The van der Waals surface area contributed by atoms with Gasteiger partial charge in [-0.15, -0.1) is 0 Å².